The molecule has 0 N–H and O–H groups in total. The van der Waals surface area contributed by atoms with Crippen LogP contribution in [-0.2, 0) is 0 Å². The summed E-state index contributed by atoms with van der Waals surface area (Å²) in [6.07, 6.45) is 0. The van der Waals surface area contributed by atoms with Gasteiger partial charge in [-0.25, -0.2) is 0 Å². The highest BCUT2D eigenvalue weighted by molar-refractivity contribution is 9.12. The van der Waals surface area contributed by atoms with Crippen molar-refractivity contribution in [3.63, 3.8) is 0 Å². The van der Waals surface area contributed by atoms with Crippen molar-refractivity contribution in [1.82, 2.24) is 0 Å². The van der Waals surface area contributed by atoms with Crippen LogP contribution in [0.2, 0.25) is 0 Å². The van der Waals surface area contributed by atoms with Crippen LogP contribution in [0.1, 0.15) is 16.5 Å². The van der Waals surface area contributed by atoms with Gasteiger partial charge < -0.3 is 4.74 Å². The summed E-state index contributed by atoms with van der Waals surface area (Å²) in [4.78, 5) is 0. The molecule has 0 saturated carbocycles. The van der Waals surface area contributed by atoms with E-state index in [4.69, 9.17) is 16.3 Å². The molecule has 1 heterocycles. The number of ether oxygens (including phenoxy) is 1. The topological polar surface area (TPSA) is 9.23 Å². The van der Waals surface area contributed by atoms with Gasteiger partial charge in [0.25, 0.3) is 0 Å². The molecule has 1 nitrogen and oxygen atoms in total. The number of hydrogen-bond donors (Lipinski definition) is 0. The van der Waals surface area contributed by atoms with Gasteiger partial charge in [-0.05, 0) is 44.0 Å². The van der Waals surface area contributed by atoms with Crippen molar-refractivity contribution in [2.75, 3.05) is 7.11 Å². The average molecular weight is 397 g/mol. The van der Waals surface area contributed by atoms with Crippen molar-refractivity contribution in [2.24, 2.45) is 0 Å². The highest BCUT2D eigenvalue weighted by Gasteiger charge is 2.19. The third kappa shape index (κ3) is 2.87. The molecule has 17 heavy (non-hydrogen) atoms. The van der Waals surface area contributed by atoms with E-state index in [0.29, 0.717) is 0 Å². The maximum absolute atomic E-state index is 6.51. The molecule has 0 spiro atoms. The molecule has 2 rings (SSSR count). The molecule has 1 unspecified atom stereocenters. The van der Waals surface area contributed by atoms with Crippen LogP contribution in [0.25, 0.3) is 0 Å². The predicted molar refractivity (Wildman–Crippen MR) is 80.4 cm³/mol. The highest BCUT2D eigenvalue weighted by atomic mass is 79.9. The minimum atomic E-state index is -0.219. The van der Waals surface area contributed by atoms with Crippen LogP contribution >= 0.6 is 54.8 Å². The van der Waals surface area contributed by atoms with Crippen molar-refractivity contribution in [3.8, 4) is 5.75 Å². The third-order valence-electron chi connectivity index (χ3n) is 2.37. The smallest absolute Gasteiger partial charge is 0.123 e. The van der Waals surface area contributed by atoms with Gasteiger partial charge in [0.1, 0.15) is 5.75 Å². The van der Waals surface area contributed by atoms with Gasteiger partial charge in [-0.15, -0.1) is 22.9 Å². The molecule has 5 heteroatoms. The minimum Gasteiger partial charge on any atom is -0.496 e. The summed E-state index contributed by atoms with van der Waals surface area (Å²) in [7, 11) is 1.65. The first-order chi connectivity index (χ1) is 8.13. The summed E-state index contributed by atoms with van der Waals surface area (Å²) in [5.74, 6) is 0.807. The number of para-hydroxylation sites is 1. The quantitative estimate of drug-likeness (QED) is 0.613. The van der Waals surface area contributed by atoms with Gasteiger partial charge >= 0.3 is 0 Å². The zero-order valence-electron chi connectivity index (χ0n) is 8.91. The van der Waals surface area contributed by atoms with Crippen LogP contribution in [0.15, 0.2) is 37.9 Å². The molecule has 2 aromatic rings. The lowest BCUT2D eigenvalue weighted by Gasteiger charge is -2.13. The van der Waals surface area contributed by atoms with Crippen LogP contribution in [0, 0.1) is 0 Å². The second-order valence-corrected chi connectivity index (χ2v) is 7.57. The molecule has 1 atom stereocenters. The molecule has 0 saturated heterocycles. The van der Waals surface area contributed by atoms with Crippen molar-refractivity contribution in [1.29, 1.82) is 0 Å². The molecule has 0 aliphatic heterocycles. The highest BCUT2D eigenvalue weighted by Crippen LogP contribution is 2.43. The molecule has 0 bridgehead atoms. The Kier molecular flexibility index (Phi) is 4.53. The lowest BCUT2D eigenvalue weighted by Crippen LogP contribution is -1.96. The average Bonchev–Trinajstić information content (AvgIpc) is 2.67. The lowest BCUT2D eigenvalue weighted by atomic mass is 10.1. The SMILES string of the molecule is COc1ccccc1C(Cl)c1cc(Br)sc1Br. The second kappa shape index (κ2) is 5.74. The normalized spacial score (nSPS) is 12.5. The van der Waals surface area contributed by atoms with E-state index in [1.54, 1.807) is 18.4 Å². The fourth-order valence-corrected chi connectivity index (χ4v) is 5.02. The van der Waals surface area contributed by atoms with Crippen molar-refractivity contribution in [3.05, 3.63) is 49.0 Å². The summed E-state index contributed by atoms with van der Waals surface area (Å²) in [5.41, 5.74) is 2.02. The molecule has 90 valence electrons. The van der Waals surface area contributed by atoms with E-state index in [0.717, 1.165) is 24.4 Å². The predicted octanol–water partition coefficient (Wildman–Crippen LogP) is 5.61. The van der Waals surface area contributed by atoms with Crippen LogP contribution in [0.5, 0.6) is 5.75 Å². The van der Waals surface area contributed by atoms with Gasteiger partial charge in [0.05, 0.1) is 20.1 Å². The Morgan fingerprint density at radius 1 is 1.24 bits per heavy atom. The Morgan fingerprint density at radius 3 is 2.53 bits per heavy atom. The van der Waals surface area contributed by atoms with Crippen molar-refractivity contribution in [2.45, 2.75) is 5.38 Å². The Balaban J connectivity index is 2.43. The summed E-state index contributed by atoms with van der Waals surface area (Å²) in [5, 5.41) is -0.219. The zero-order chi connectivity index (χ0) is 12.4. The Hall–Kier alpha value is -0.0300. The number of rotatable bonds is 3. The van der Waals surface area contributed by atoms with Crippen molar-refractivity contribution < 1.29 is 4.74 Å². The second-order valence-electron chi connectivity index (χ2n) is 3.38. The van der Waals surface area contributed by atoms with E-state index in [2.05, 4.69) is 31.9 Å². The monoisotopic (exact) mass is 394 g/mol. The molecular formula is C12H9Br2ClOS. The van der Waals surface area contributed by atoms with Gasteiger partial charge in [0.15, 0.2) is 0 Å². The summed E-state index contributed by atoms with van der Waals surface area (Å²) in [6.45, 7) is 0. The third-order valence-corrected chi connectivity index (χ3v) is 5.22. The Bertz CT molecular complexity index is 527. The van der Waals surface area contributed by atoms with Gasteiger partial charge in [0, 0.05) is 11.1 Å². The molecule has 0 aliphatic carbocycles. The lowest BCUT2D eigenvalue weighted by molar-refractivity contribution is 0.410. The van der Waals surface area contributed by atoms with E-state index in [1.165, 1.54) is 0 Å². The Morgan fingerprint density at radius 2 is 1.94 bits per heavy atom. The fraction of sp³-hybridized carbons (Fsp3) is 0.167. The summed E-state index contributed by atoms with van der Waals surface area (Å²) < 4.78 is 7.42. The van der Waals surface area contributed by atoms with Gasteiger partial charge in [-0.1, -0.05) is 18.2 Å². The molecule has 0 aliphatic rings. The van der Waals surface area contributed by atoms with E-state index in [9.17, 15) is 0 Å². The molecule has 0 radical (unpaired) electrons. The first-order valence-electron chi connectivity index (χ1n) is 4.85. The largest absolute Gasteiger partial charge is 0.496 e. The zero-order valence-corrected chi connectivity index (χ0v) is 13.7. The number of hydrogen-bond acceptors (Lipinski definition) is 2. The van der Waals surface area contributed by atoms with E-state index in [1.807, 2.05) is 30.3 Å². The fourth-order valence-electron chi connectivity index (χ4n) is 1.57. The van der Waals surface area contributed by atoms with E-state index < -0.39 is 0 Å². The van der Waals surface area contributed by atoms with Crippen LogP contribution < -0.4 is 4.74 Å². The number of halogens is 3. The summed E-state index contributed by atoms with van der Waals surface area (Å²) >= 11 is 15.1. The molecule has 0 amide bonds. The van der Waals surface area contributed by atoms with E-state index in [-0.39, 0.29) is 5.38 Å². The van der Waals surface area contributed by atoms with Gasteiger partial charge in [-0.3, -0.25) is 0 Å². The van der Waals surface area contributed by atoms with Crippen LogP contribution in [-0.4, -0.2) is 7.11 Å². The molecular weight excluding hydrogens is 387 g/mol. The first-order valence-corrected chi connectivity index (χ1v) is 7.69. The standard InChI is InChI=1S/C12H9Br2ClOS/c1-16-9-5-3-2-4-7(9)11(15)8-6-10(13)17-12(8)14/h2-6,11H,1H3. The Labute approximate surface area is 126 Å². The number of alkyl halides is 1. The summed E-state index contributed by atoms with van der Waals surface area (Å²) in [6, 6.07) is 9.82. The molecule has 1 aromatic carbocycles. The van der Waals surface area contributed by atoms with Gasteiger partial charge in [0.2, 0.25) is 0 Å². The first kappa shape index (κ1) is 13.4. The maximum atomic E-state index is 6.51. The van der Waals surface area contributed by atoms with Gasteiger partial charge in [-0.2, -0.15) is 0 Å². The number of thiophene rings is 1. The minimum absolute atomic E-state index is 0.219. The van der Waals surface area contributed by atoms with Crippen LogP contribution in [0.3, 0.4) is 0 Å². The number of benzene rings is 1. The van der Waals surface area contributed by atoms with Crippen molar-refractivity contribution >= 4 is 54.8 Å². The molecule has 1 aromatic heterocycles. The number of methoxy groups -OCH3 is 1. The van der Waals surface area contributed by atoms with E-state index >= 15 is 0 Å². The maximum Gasteiger partial charge on any atom is 0.123 e. The molecule has 0 fully saturated rings. The van der Waals surface area contributed by atoms with Crippen LogP contribution in [0.4, 0.5) is 0 Å².